The van der Waals surface area contributed by atoms with E-state index in [0.717, 1.165) is 5.69 Å². The third-order valence-corrected chi connectivity index (χ3v) is 4.09. The van der Waals surface area contributed by atoms with Crippen LogP contribution in [0.5, 0.6) is 0 Å². The van der Waals surface area contributed by atoms with Gasteiger partial charge >= 0.3 is 0 Å². The molecular formula is C11H14N4O2S2. The summed E-state index contributed by atoms with van der Waals surface area (Å²) >= 11 is 1.51. The fraction of sp³-hybridized carbons (Fsp3) is 0.182. The quantitative estimate of drug-likeness (QED) is 0.820. The fourth-order valence-corrected chi connectivity index (χ4v) is 2.78. The highest BCUT2D eigenvalue weighted by atomic mass is 32.2. The van der Waals surface area contributed by atoms with Gasteiger partial charge in [0.2, 0.25) is 10.0 Å². The Hall–Kier alpha value is -1.64. The molecule has 0 spiro atoms. The van der Waals surface area contributed by atoms with Gasteiger partial charge in [0.1, 0.15) is 0 Å². The SMILES string of the molecule is CN(Cc1cscn1)c1cc(N)cc(S(N)(=O)=O)c1. The highest BCUT2D eigenvalue weighted by Gasteiger charge is 2.12. The molecule has 19 heavy (non-hydrogen) atoms. The van der Waals surface area contributed by atoms with Gasteiger partial charge in [0, 0.05) is 23.8 Å². The van der Waals surface area contributed by atoms with Gasteiger partial charge in [0.25, 0.3) is 0 Å². The lowest BCUT2D eigenvalue weighted by atomic mass is 10.2. The molecule has 1 heterocycles. The zero-order valence-electron chi connectivity index (χ0n) is 10.3. The monoisotopic (exact) mass is 298 g/mol. The van der Waals surface area contributed by atoms with Crippen LogP contribution in [0, 0.1) is 0 Å². The minimum atomic E-state index is -3.76. The molecule has 4 N–H and O–H groups in total. The van der Waals surface area contributed by atoms with Crippen molar-refractivity contribution in [2.24, 2.45) is 5.14 Å². The van der Waals surface area contributed by atoms with Gasteiger partial charge in [-0.1, -0.05) is 0 Å². The first-order chi connectivity index (χ1) is 8.86. The molecule has 0 fully saturated rings. The van der Waals surface area contributed by atoms with Crippen molar-refractivity contribution in [1.29, 1.82) is 0 Å². The summed E-state index contributed by atoms with van der Waals surface area (Å²) in [5.74, 6) is 0. The number of aromatic nitrogens is 1. The largest absolute Gasteiger partial charge is 0.399 e. The Morgan fingerprint density at radius 3 is 2.68 bits per heavy atom. The summed E-state index contributed by atoms with van der Waals surface area (Å²) in [5.41, 5.74) is 9.40. The molecule has 1 aromatic heterocycles. The average Bonchev–Trinajstić information content (AvgIpc) is 2.79. The van der Waals surface area contributed by atoms with Gasteiger partial charge in [-0.15, -0.1) is 11.3 Å². The van der Waals surface area contributed by atoms with Crippen molar-refractivity contribution in [3.8, 4) is 0 Å². The van der Waals surface area contributed by atoms with Gasteiger partial charge in [0.05, 0.1) is 22.6 Å². The third kappa shape index (κ3) is 3.43. The Balaban J connectivity index is 2.32. The maximum Gasteiger partial charge on any atom is 0.238 e. The van der Waals surface area contributed by atoms with Gasteiger partial charge < -0.3 is 10.6 Å². The Kier molecular flexibility index (Phi) is 3.74. The summed E-state index contributed by atoms with van der Waals surface area (Å²) in [6.45, 7) is 0.566. The highest BCUT2D eigenvalue weighted by Crippen LogP contribution is 2.23. The van der Waals surface area contributed by atoms with Crippen molar-refractivity contribution in [2.75, 3.05) is 17.7 Å². The van der Waals surface area contributed by atoms with Gasteiger partial charge in [0.15, 0.2) is 0 Å². The lowest BCUT2D eigenvalue weighted by Gasteiger charge is -2.19. The molecule has 6 nitrogen and oxygen atoms in total. The van der Waals surface area contributed by atoms with Crippen LogP contribution in [0.3, 0.4) is 0 Å². The number of nitrogens with zero attached hydrogens (tertiary/aromatic N) is 2. The maximum atomic E-state index is 11.4. The van der Waals surface area contributed by atoms with Crippen molar-refractivity contribution in [3.05, 3.63) is 34.8 Å². The molecule has 0 bridgehead atoms. The van der Waals surface area contributed by atoms with E-state index in [1.54, 1.807) is 11.6 Å². The average molecular weight is 298 g/mol. The summed E-state index contributed by atoms with van der Waals surface area (Å²) in [6, 6.07) is 4.54. The van der Waals surface area contributed by atoms with Crippen LogP contribution >= 0.6 is 11.3 Å². The number of anilines is 2. The summed E-state index contributed by atoms with van der Waals surface area (Å²) in [4.78, 5) is 6.05. The lowest BCUT2D eigenvalue weighted by Crippen LogP contribution is -2.18. The van der Waals surface area contributed by atoms with Gasteiger partial charge in [-0.2, -0.15) is 0 Å². The number of nitrogen functional groups attached to an aromatic ring is 1. The molecule has 0 atom stereocenters. The summed E-state index contributed by atoms with van der Waals surface area (Å²) in [5, 5.41) is 7.05. The summed E-state index contributed by atoms with van der Waals surface area (Å²) < 4.78 is 22.7. The first-order valence-electron chi connectivity index (χ1n) is 5.38. The molecule has 0 aliphatic heterocycles. The molecule has 0 aliphatic carbocycles. The lowest BCUT2D eigenvalue weighted by molar-refractivity contribution is 0.598. The van der Waals surface area contributed by atoms with E-state index in [2.05, 4.69) is 4.98 Å². The molecule has 102 valence electrons. The molecule has 0 saturated heterocycles. The second-order valence-corrected chi connectivity index (χ2v) is 6.42. The van der Waals surface area contributed by atoms with Crippen LogP contribution in [0.4, 0.5) is 11.4 Å². The molecule has 2 aromatic rings. The van der Waals surface area contributed by atoms with Crippen LogP contribution in [0.15, 0.2) is 34.0 Å². The molecule has 0 saturated carbocycles. The Labute approximate surface area is 115 Å². The molecular weight excluding hydrogens is 284 g/mol. The molecule has 1 aromatic carbocycles. The number of hydrogen-bond donors (Lipinski definition) is 2. The van der Waals surface area contributed by atoms with E-state index in [-0.39, 0.29) is 4.90 Å². The number of benzene rings is 1. The zero-order valence-corrected chi connectivity index (χ0v) is 11.9. The van der Waals surface area contributed by atoms with Crippen LogP contribution in [-0.2, 0) is 16.6 Å². The number of nitrogens with two attached hydrogens (primary N) is 2. The zero-order chi connectivity index (χ0) is 14.0. The molecule has 0 radical (unpaired) electrons. The van der Waals surface area contributed by atoms with Gasteiger partial charge in [-0.25, -0.2) is 18.5 Å². The van der Waals surface area contributed by atoms with Crippen molar-refractivity contribution >= 4 is 32.7 Å². The van der Waals surface area contributed by atoms with E-state index in [0.29, 0.717) is 17.9 Å². The standard InChI is InChI=1S/C11H14N4O2S2/c1-15(5-9-6-18-7-14-9)10-2-8(12)3-11(4-10)19(13,16)17/h2-4,6-7H,5,12H2,1H3,(H2,13,16,17). The van der Waals surface area contributed by atoms with Crippen molar-refractivity contribution in [1.82, 2.24) is 4.98 Å². The second-order valence-electron chi connectivity index (χ2n) is 4.14. The van der Waals surface area contributed by atoms with Crippen LogP contribution in [0.1, 0.15) is 5.69 Å². The Bertz CT molecular complexity index is 668. The molecule has 2 rings (SSSR count). The van der Waals surface area contributed by atoms with E-state index in [1.165, 1.54) is 23.5 Å². The summed E-state index contributed by atoms with van der Waals surface area (Å²) in [6.07, 6.45) is 0. The van der Waals surface area contributed by atoms with Crippen molar-refractivity contribution in [3.63, 3.8) is 0 Å². The van der Waals surface area contributed by atoms with E-state index < -0.39 is 10.0 Å². The van der Waals surface area contributed by atoms with E-state index >= 15 is 0 Å². The third-order valence-electron chi connectivity index (χ3n) is 2.57. The van der Waals surface area contributed by atoms with Gasteiger partial charge in [-0.05, 0) is 18.2 Å². The smallest absolute Gasteiger partial charge is 0.238 e. The normalized spacial score (nSPS) is 11.5. The number of primary sulfonamides is 1. The number of rotatable bonds is 4. The van der Waals surface area contributed by atoms with Crippen molar-refractivity contribution < 1.29 is 8.42 Å². The van der Waals surface area contributed by atoms with E-state index in [4.69, 9.17) is 10.9 Å². The molecule has 8 heteroatoms. The maximum absolute atomic E-state index is 11.4. The van der Waals surface area contributed by atoms with Crippen LogP contribution < -0.4 is 15.8 Å². The first-order valence-corrected chi connectivity index (χ1v) is 7.87. The number of hydrogen-bond acceptors (Lipinski definition) is 6. The minimum absolute atomic E-state index is 0.00706. The van der Waals surface area contributed by atoms with Gasteiger partial charge in [-0.3, -0.25) is 0 Å². The molecule has 0 unspecified atom stereocenters. The Morgan fingerprint density at radius 2 is 2.11 bits per heavy atom. The highest BCUT2D eigenvalue weighted by molar-refractivity contribution is 7.89. The molecule has 0 amide bonds. The topological polar surface area (TPSA) is 102 Å². The Morgan fingerprint density at radius 1 is 1.37 bits per heavy atom. The second kappa shape index (κ2) is 5.16. The summed E-state index contributed by atoms with van der Waals surface area (Å²) in [7, 11) is -1.93. The number of sulfonamides is 1. The predicted molar refractivity (Wildman–Crippen MR) is 76.4 cm³/mol. The molecule has 0 aliphatic rings. The van der Waals surface area contributed by atoms with E-state index in [1.807, 2.05) is 17.3 Å². The number of thiazole rings is 1. The first kappa shape index (κ1) is 13.8. The van der Waals surface area contributed by atoms with Crippen LogP contribution in [-0.4, -0.2) is 20.4 Å². The van der Waals surface area contributed by atoms with Crippen molar-refractivity contribution in [2.45, 2.75) is 11.4 Å². The van der Waals surface area contributed by atoms with E-state index in [9.17, 15) is 8.42 Å². The fourth-order valence-electron chi connectivity index (χ4n) is 1.64. The van der Waals surface area contributed by atoms with Crippen LogP contribution in [0.2, 0.25) is 0 Å². The predicted octanol–water partition coefficient (Wildman–Crippen LogP) is 1.01. The van der Waals surface area contributed by atoms with Crippen LogP contribution in [0.25, 0.3) is 0 Å². The minimum Gasteiger partial charge on any atom is -0.399 e.